The van der Waals surface area contributed by atoms with Gasteiger partial charge in [0.2, 0.25) is 0 Å². The quantitative estimate of drug-likeness (QED) is 0.829. The first-order valence-corrected chi connectivity index (χ1v) is 9.70. The predicted octanol–water partition coefficient (Wildman–Crippen LogP) is 3.35. The molecule has 3 aliphatic carbocycles. The van der Waals surface area contributed by atoms with E-state index in [9.17, 15) is 13.2 Å². The first-order chi connectivity index (χ1) is 11.3. The molecule has 0 bridgehead atoms. The van der Waals surface area contributed by atoms with E-state index in [1.54, 1.807) is 12.1 Å². The smallest absolute Gasteiger partial charge is 0.362 e. The van der Waals surface area contributed by atoms with Gasteiger partial charge in [0.1, 0.15) is 11.5 Å². The van der Waals surface area contributed by atoms with Crippen molar-refractivity contribution in [2.24, 2.45) is 11.3 Å². The fourth-order valence-electron chi connectivity index (χ4n) is 4.85. The van der Waals surface area contributed by atoms with Crippen LogP contribution in [0, 0.1) is 11.3 Å². The van der Waals surface area contributed by atoms with Crippen molar-refractivity contribution < 1.29 is 21.9 Å². The van der Waals surface area contributed by atoms with Gasteiger partial charge in [-0.3, -0.25) is 9.35 Å². The Hall–Kier alpha value is -1.66. The lowest BCUT2D eigenvalue weighted by Crippen LogP contribution is -2.34. The second kappa shape index (κ2) is 5.17. The lowest BCUT2D eigenvalue weighted by atomic mass is 9.63. The Morgan fingerprint density at radius 2 is 2.00 bits per heavy atom. The molecule has 0 spiro atoms. The molecule has 0 radical (unpaired) electrons. The van der Waals surface area contributed by atoms with Crippen LogP contribution in [0.15, 0.2) is 23.8 Å². The molecule has 2 atom stereocenters. The zero-order valence-corrected chi connectivity index (χ0v) is 14.4. The molecule has 6 heteroatoms. The maximum atomic E-state index is 12.3. The van der Waals surface area contributed by atoms with Gasteiger partial charge in [-0.1, -0.05) is 18.6 Å². The van der Waals surface area contributed by atoms with Gasteiger partial charge >= 0.3 is 10.4 Å². The molecule has 0 heterocycles. The molecule has 5 nitrogen and oxygen atoms in total. The summed E-state index contributed by atoms with van der Waals surface area (Å²) in [5.74, 6) is 0.898. The summed E-state index contributed by atoms with van der Waals surface area (Å²) in [4.78, 5) is 12.3. The lowest BCUT2D eigenvalue weighted by molar-refractivity contribution is -0.126. The molecule has 0 aliphatic heterocycles. The number of benzene rings is 1. The third-order valence-corrected chi connectivity index (χ3v) is 6.44. The number of rotatable bonds is 2. The van der Waals surface area contributed by atoms with E-state index in [0.717, 1.165) is 43.2 Å². The maximum absolute atomic E-state index is 12.3. The summed E-state index contributed by atoms with van der Waals surface area (Å²) >= 11 is 0. The van der Waals surface area contributed by atoms with Gasteiger partial charge in [-0.25, -0.2) is 0 Å². The highest BCUT2D eigenvalue weighted by Crippen LogP contribution is 2.56. The number of allylic oxidation sites excluding steroid dienone is 2. The minimum absolute atomic E-state index is 0.136. The van der Waals surface area contributed by atoms with Crippen LogP contribution in [0.3, 0.4) is 0 Å². The summed E-state index contributed by atoms with van der Waals surface area (Å²) in [5, 5.41) is 0. The number of carbonyl (C=O) groups is 1. The highest BCUT2D eigenvalue weighted by molar-refractivity contribution is 7.81. The summed E-state index contributed by atoms with van der Waals surface area (Å²) in [5.41, 5.74) is 4.74. The minimum Gasteiger partial charge on any atom is -0.362 e. The fraction of sp³-hybridized carbons (Fsp3) is 0.500. The van der Waals surface area contributed by atoms with Crippen LogP contribution in [0.1, 0.15) is 50.2 Å². The van der Waals surface area contributed by atoms with Crippen molar-refractivity contribution in [2.45, 2.75) is 45.4 Å². The van der Waals surface area contributed by atoms with Crippen LogP contribution >= 0.6 is 0 Å². The lowest BCUT2D eigenvalue weighted by Gasteiger charge is -2.40. The molecule has 2 unspecified atom stereocenters. The Morgan fingerprint density at radius 1 is 1.21 bits per heavy atom. The number of hydrogen-bond acceptors (Lipinski definition) is 4. The number of aryl methyl sites for hydroxylation is 1. The van der Waals surface area contributed by atoms with Crippen molar-refractivity contribution in [3.8, 4) is 5.75 Å². The van der Waals surface area contributed by atoms with E-state index >= 15 is 0 Å². The van der Waals surface area contributed by atoms with Gasteiger partial charge in [0.25, 0.3) is 0 Å². The SMILES string of the molecule is CC12CCC3=C(CCc4cc(OS(=O)(=O)O)ccc43)C1CCC2=O. The molecule has 128 valence electrons. The Morgan fingerprint density at radius 3 is 2.75 bits per heavy atom. The van der Waals surface area contributed by atoms with Crippen LogP contribution in [-0.2, 0) is 21.6 Å². The van der Waals surface area contributed by atoms with Gasteiger partial charge in [0.05, 0.1) is 0 Å². The second-order valence-electron chi connectivity index (χ2n) is 7.27. The van der Waals surface area contributed by atoms with Crippen LogP contribution < -0.4 is 4.18 Å². The molecule has 0 amide bonds. The molecule has 0 aromatic heterocycles. The van der Waals surface area contributed by atoms with E-state index in [0.29, 0.717) is 18.1 Å². The molecule has 3 aliphatic rings. The van der Waals surface area contributed by atoms with E-state index in [1.807, 2.05) is 6.07 Å². The van der Waals surface area contributed by atoms with Crippen LogP contribution in [0.25, 0.3) is 5.57 Å². The van der Waals surface area contributed by atoms with Gasteiger partial charge in [0.15, 0.2) is 0 Å². The van der Waals surface area contributed by atoms with Crippen LogP contribution in [0.4, 0.5) is 0 Å². The Balaban J connectivity index is 1.74. The van der Waals surface area contributed by atoms with E-state index in [-0.39, 0.29) is 11.2 Å². The summed E-state index contributed by atoms with van der Waals surface area (Å²) in [7, 11) is -4.50. The standard InChI is InChI=1S/C18H20O5S/c1-18-9-8-14-13-5-3-12(23-24(20,21)22)10-11(13)2-4-15(14)16(18)6-7-17(18)19/h3,5,10,16H,2,4,6-9H2,1H3,(H,20,21,22). The third-order valence-electron chi connectivity index (χ3n) is 6.04. The normalized spacial score (nSPS) is 29.1. The zero-order valence-electron chi connectivity index (χ0n) is 13.5. The van der Waals surface area contributed by atoms with Gasteiger partial charge in [-0.05, 0) is 66.9 Å². The zero-order chi connectivity index (χ0) is 17.1. The molecule has 24 heavy (non-hydrogen) atoms. The second-order valence-corrected chi connectivity index (χ2v) is 8.29. The highest BCUT2D eigenvalue weighted by atomic mass is 32.3. The third kappa shape index (κ3) is 2.40. The minimum atomic E-state index is -4.50. The van der Waals surface area contributed by atoms with Crippen LogP contribution in [-0.4, -0.2) is 18.8 Å². The van der Waals surface area contributed by atoms with E-state index in [4.69, 9.17) is 4.55 Å². The van der Waals surface area contributed by atoms with Crippen molar-refractivity contribution in [3.05, 3.63) is 34.9 Å². The van der Waals surface area contributed by atoms with Crippen molar-refractivity contribution in [3.63, 3.8) is 0 Å². The van der Waals surface area contributed by atoms with E-state index in [1.165, 1.54) is 11.1 Å². The maximum Gasteiger partial charge on any atom is 0.446 e. The van der Waals surface area contributed by atoms with Gasteiger partial charge < -0.3 is 4.18 Å². The van der Waals surface area contributed by atoms with Crippen LogP contribution in [0.2, 0.25) is 0 Å². The summed E-state index contributed by atoms with van der Waals surface area (Å²) in [6.45, 7) is 2.12. The molecule has 0 saturated heterocycles. The van der Waals surface area contributed by atoms with Crippen LogP contribution in [0.5, 0.6) is 5.75 Å². The van der Waals surface area contributed by atoms with E-state index < -0.39 is 10.4 Å². The number of hydrogen-bond donors (Lipinski definition) is 1. The van der Waals surface area contributed by atoms with Gasteiger partial charge in [0, 0.05) is 11.8 Å². The average molecular weight is 348 g/mol. The molecule has 1 aromatic rings. The number of carbonyl (C=O) groups excluding carboxylic acids is 1. The van der Waals surface area contributed by atoms with Crippen molar-refractivity contribution >= 4 is 21.8 Å². The largest absolute Gasteiger partial charge is 0.446 e. The number of Topliss-reactive ketones (excluding diaryl/α,β-unsaturated/α-hetero) is 1. The summed E-state index contributed by atoms with van der Waals surface area (Å²) in [6.07, 6.45) is 5.12. The number of ketones is 1. The Kier molecular flexibility index (Phi) is 3.41. The predicted molar refractivity (Wildman–Crippen MR) is 88.9 cm³/mol. The van der Waals surface area contributed by atoms with Gasteiger partial charge in [-0.2, -0.15) is 8.42 Å². The first-order valence-electron chi connectivity index (χ1n) is 8.33. The molecule has 1 saturated carbocycles. The van der Waals surface area contributed by atoms with Crippen molar-refractivity contribution in [1.82, 2.24) is 0 Å². The van der Waals surface area contributed by atoms with Crippen molar-refractivity contribution in [1.29, 1.82) is 0 Å². The van der Waals surface area contributed by atoms with Gasteiger partial charge in [-0.15, -0.1) is 0 Å². The average Bonchev–Trinajstić information content (AvgIpc) is 2.81. The van der Waals surface area contributed by atoms with E-state index in [2.05, 4.69) is 11.1 Å². The Bertz CT molecular complexity index is 867. The highest BCUT2D eigenvalue weighted by Gasteiger charge is 2.50. The molecule has 1 aromatic carbocycles. The molecule has 1 N–H and O–H groups in total. The molecule has 1 fully saturated rings. The molecule has 4 rings (SSSR count). The molecular formula is C18H20O5S. The fourth-order valence-corrected chi connectivity index (χ4v) is 5.20. The van der Waals surface area contributed by atoms with Crippen molar-refractivity contribution in [2.75, 3.05) is 0 Å². The topological polar surface area (TPSA) is 80.7 Å². The molecular weight excluding hydrogens is 328 g/mol. The first kappa shape index (κ1) is 15.8. The summed E-state index contributed by atoms with van der Waals surface area (Å²) in [6, 6.07) is 5.15. The number of fused-ring (bicyclic) bond motifs is 4. The Labute approximate surface area is 141 Å². The summed E-state index contributed by atoms with van der Waals surface area (Å²) < 4.78 is 35.2. The monoisotopic (exact) mass is 348 g/mol.